The van der Waals surface area contributed by atoms with Crippen molar-refractivity contribution >= 4 is 0 Å². The van der Waals surface area contributed by atoms with E-state index in [2.05, 4.69) is 31.0 Å². The van der Waals surface area contributed by atoms with Gasteiger partial charge in [0.1, 0.15) is 11.6 Å². The molecule has 0 spiro atoms. The van der Waals surface area contributed by atoms with Crippen LogP contribution in [0.1, 0.15) is 50.8 Å². The largest absolute Gasteiger partial charge is 0.315 e. The highest BCUT2D eigenvalue weighted by atomic mass is 19.1. The lowest BCUT2D eigenvalue weighted by Crippen LogP contribution is -2.44. The quantitative estimate of drug-likeness (QED) is 0.604. The summed E-state index contributed by atoms with van der Waals surface area (Å²) in [6.45, 7) is 6.84. The number of halogens is 2. The minimum Gasteiger partial charge on any atom is -0.315 e. The lowest BCUT2D eigenvalue weighted by atomic mass is 9.63. The van der Waals surface area contributed by atoms with Crippen LogP contribution < -0.4 is 5.56 Å². The summed E-state index contributed by atoms with van der Waals surface area (Å²) in [5.41, 5.74) is 1.38. The topological polar surface area (TPSA) is 47.8 Å². The van der Waals surface area contributed by atoms with Crippen molar-refractivity contribution in [3.63, 3.8) is 0 Å². The number of rotatable bonds is 4. The van der Waals surface area contributed by atoms with Gasteiger partial charge >= 0.3 is 0 Å². The first-order valence-electron chi connectivity index (χ1n) is 10.3. The molecule has 3 aromatic rings. The van der Waals surface area contributed by atoms with Crippen LogP contribution in [0.5, 0.6) is 0 Å². The third-order valence-electron chi connectivity index (χ3n) is 6.52. The lowest BCUT2D eigenvalue weighted by Gasteiger charge is -2.43. The van der Waals surface area contributed by atoms with Crippen LogP contribution in [0.15, 0.2) is 53.5 Å². The maximum Gasteiger partial charge on any atom is 0.250 e. The van der Waals surface area contributed by atoms with Gasteiger partial charge in [-0.25, -0.2) is 8.78 Å². The molecule has 0 radical (unpaired) electrons. The van der Waals surface area contributed by atoms with Crippen molar-refractivity contribution in [1.82, 2.24) is 14.8 Å². The summed E-state index contributed by atoms with van der Waals surface area (Å²) >= 11 is 0. The van der Waals surface area contributed by atoms with Gasteiger partial charge in [0.25, 0.3) is 5.56 Å². The molecule has 30 heavy (non-hydrogen) atoms. The van der Waals surface area contributed by atoms with Crippen LogP contribution in [-0.2, 0) is 12.0 Å². The molecule has 4 rings (SSSR count). The zero-order chi connectivity index (χ0) is 21.5. The fourth-order valence-electron chi connectivity index (χ4n) is 4.58. The van der Waals surface area contributed by atoms with Crippen LogP contribution >= 0.6 is 0 Å². The van der Waals surface area contributed by atoms with Crippen LogP contribution in [0.2, 0.25) is 0 Å². The number of hydrogen-bond donors (Lipinski definition) is 0. The van der Waals surface area contributed by atoms with Gasteiger partial charge in [-0.3, -0.25) is 4.79 Å². The van der Waals surface area contributed by atoms with E-state index < -0.39 is 11.6 Å². The fourth-order valence-corrected chi connectivity index (χ4v) is 4.58. The first-order chi connectivity index (χ1) is 14.3. The van der Waals surface area contributed by atoms with Crippen LogP contribution in [0.4, 0.5) is 8.78 Å². The van der Waals surface area contributed by atoms with Gasteiger partial charge in [0, 0.05) is 24.2 Å². The summed E-state index contributed by atoms with van der Waals surface area (Å²) in [4.78, 5) is 12.4. The minimum atomic E-state index is -0.654. The Labute approximate surface area is 174 Å². The maximum absolute atomic E-state index is 14.3. The van der Waals surface area contributed by atoms with Gasteiger partial charge in [0.05, 0.1) is 17.0 Å². The SMILES string of the molecule is CC(C)[C@]1(Cn2ccccc2=O)CC[C@H](C)c2cc(-c3c(F)cccc3F)nnc21. The Morgan fingerprint density at radius 1 is 1.13 bits per heavy atom. The highest BCUT2D eigenvalue weighted by Gasteiger charge is 2.44. The highest BCUT2D eigenvalue weighted by Crippen LogP contribution is 2.47. The third kappa shape index (κ3) is 3.34. The van der Waals surface area contributed by atoms with E-state index in [0.717, 1.165) is 24.1 Å². The molecule has 0 bridgehead atoms. The zero-order valence-electron chi connectivity index (χ0n) is 17.4. The van der Waals surface area contributed by atoms with Crippen LogP contribution in [0.3, 0.4) is 0 Å². The molecule has 2 heterocycles. The van der Waals surface area contributed by atoms with E-state index in [1.807, 2.05) is 6.07 Å². The van der Waals surface area contributed by atoms with E-state index in [1.165, 1.54) is 18.2 Å². The summed E-state index contributed by atoms with van der Waals surface area (Å²) in [6, 6.07) is 10.7. The standard InChI is InChI=1S/C24H25F2N3O/c1-15(2)24(14-29-12-5-4-9-21(29)30)11-10-16(3)17-13-20(27-28-23(17)24)22-18(25)7-6-8-19(22)26/h4-9,12-13,15-16H,10-11,14H2,1-3H3/t16-,24+/m0/s1. The summed E-state index contributed by atoms with van der Waals surface area (Å²) < 4.78 is 30.4. The molecule has 4 nitrogen and oxygen atoms in total. The second-order valence-corrected chi connectivity index (χ2v) is 8.55. The molecule has 0 saturated carbocycles. The molecule has 1 aliphatic carbocycles. The van der Waals surface area contributed by atoms with Crippen molar-refractivity contribution in [3.05, 3.63) is 81.9 Å². The number of fused-ring (bicyclic) bond motifs is 1. The van der Waals surface area contributed by atoms with Crippen molar-refractivity contribution in [1.29, 1.82) is 0 Å². The Morgan fingerprint density at radius 3 is 2.53 bits per heavy atom. The molecule has 6 heteroatoms. The van der Waals surface area contributed by atoms with E-state index >= 15 is 0 Å². The molecule has 0 saturated heterocycles. The number of hydrogen-bond acceptors (Lipinski definition) is 3. The fraction of sp³-hybridized carbons (Fsp3) is 0.375. The predicted octanol–water partition coefficient (Wildman–Crippen LogP) is 5.07. The molecule has 1 aliphatic rings. The van der Waals surface area contributed by atoms with Gasteiger partial charge in [-0.2, -0.15) is 10.2 Å². The first kappa shape index (κ1) is 20.4. The van der Waals surface area contributed by atoms with Crippen LogP contribution in [0.25, 0.3) is 11.3 Å². The molecule has 2 aromatic heterocycles. The predicted molar refractivity (Wildman–Crippen MR) is 112 cm³/mol. The van der Waals surface area contributed by atoms with Crippen molar-refractivity contribution in [2.75, 3.05) is 0 Å². The second-order valence-electron chi connectivity index (χ2n) is 8.55. The molecule has 156 valence electrons. The molecule has 0 fully saturated rings. The van der Waals surface area contributed by atoms with Crippen molar-refractivity contribution in [2.45, 2.75) is 51.5 Å². The first-order valence-corrected chi connectivity index (χ1v) is 10.3. The van der Waals surface area contributed by atoms with Crippen molar-refractivity contribution in [3.8, 4) is 11.3 Å². The number of benzene rings is 1. The van der Waals surface area contributed by atoms with Crippen LogP contribution in [-0.4, -0.2) is 14.8 Å². The van der Waals surface area contributed by atoms with Gasteiger partial charge in [-0.1, -0.05) is 32.9 Å². The number of aromatic nitrogens is 3. The van der Waals surface area contributed by atoms with Crippen molar-refractivity contribution in [2.24, 2.45) is 5.92 Å². The number of pyridine rings is 1. The van der Waals surface area contributed by atoms with E-state index in [1.54, 1.807) is 29.0 Å². The van der Waals surface area contributed by atoms with Crippen LogP contribution in [0, 0.1) is 17.6 Å². The second kappa shape index (κ2) is 7.74. The average Bonchev–Trinajstić information content (AvgIpc) is 2.71. The third-order valence-corrected chi connectivity index (χ3v) is 6.52. The molecule has 0 aliphatic heterocycles. The van der Waals surface area contributed by atoms with Gasteiger partial charge < -0.3 is 4.57 Å². The average molecular weight is 409 g/mol. The molecule has 0 unspecified atom stereocenters. The monoisotopic (exact) mass is 409 g/mol. The Hall–Kier alpha value is -2.89. The summed E-state index contributed by atoms with van der Waals surface area (Å²) in [7, 11) is 0. The van der Waals surface area contributed by atoms with E-state index in [9.17, 15) is 13.6 Å². The normalized spacial score (nSPS) is 20.9. The molecule has 2 atom stereocenters. The zero-order valence-corrected chi connectivity index (χ0v) is 17.4. The summed E-state index contributed by atoms with van der Waals surface area (Å²) in [5, 5.41) is 8.77. The maximum atomic E-state index is 14.3. The molecule has 0 amide bonds. The van der Waals surface area contributed by atoms with Gasteiger partial charge in [0.15, 0.2) is 0 Å². The Morgan fingerprint density at radius 2 is 1.87 bits per heavy atom. The Kier molecular flexibility index (Phi) is 5.26. The van der Waals surface area contributed by atoms with Crippen molar-refractivity contribution < 1.29 is 8.78 Å². The summed E-state index contributed by atoms with van der Waals surface area (Å²) in [5.74, 6) is -0.929. The minimum absolute atomic E-state index is 0.0595. The molecular formula is C24H25F2N3O. The van der Waals surface area contributed by atoms with Gasteiger partial charge in [-0.05, 0) is 54.5 Å². The van der Waals surface area contributed by atoms with Gasteiger partial charge in [0.2, 0.25) is 0 Å². The number of nitrogens with zero attached hydrogens (tertiary/aromatic N) is 3. The van der Waals surface area contributed by atoms with E-state index in [-0.39, 0.29) is 34.1 Å². The lowest BCUT2D eigenvalue weighted by molar-refractivity contribution is 0.206. The van der Waals surface area contributed by atoms with Gasteiger partial charge in [-0.15, -0.1) is 0 Å². The Balaban J connectivity index is 1.87. The van der Waals surface area contributed by atoms with E-state index in [0.29, 0.717) is 6.54 Å². The molecular weight excluding hydrogens is 384 g/mol. The summed E-state index contributed by atoms with van der Waals surface area (Å²) in [6.07, 6.45) is 3.56. The highest BCUT2D eigenvalue weighted by molar-refractivity contribution is 5.62. The Bertz CT molecular complexity index is 1120. The van der Waals surface area contributed by atoms with E-state index in [4.69, 9.17) is 0 Å². The molecule has 0 N–H and O–H groups in total. The molecule has 1 aromatic carbocycles. The smallest absolute Gasteiger partial charge is 0.250 e.